The molecule has 3 rings (SSSR count). The number of imidazole rings is 1. The smallest absolute Gasteiger partial charge is 0.160 e. The second kappa shape index (κ2) is 5.04. The minimum absolute atomic E-state index is 0.113. The van der Waals surface area contributed by atoms with Gasteiger partial charge in [-0.3, -0.25) is 0 Å². The highest BCUT2D eigenvalue weighted by molar-refractivity contribution is 9.10. The van der Waals surface area contributed by atoms with Crippen LogP contribution in [0.3, 0.4) is 0 Å². The zero-order valence-corrected chi connectivity index (χ0v) is 13.0. The van der Waals surface area contributed by atoms with Crippen molar-refractivity contribution >= 4 is 38.7 Å². The monoisotopic (exact) mass is 343 g/mol. The zero-order chi connectivity index (χ0) is 13.5. The molecule has 1 atom stereocenters. The molecule has 3 heterocycles. The lowest BCUT2D eigenvalue weighted by Crippen LogP contribution is -2.40. The van der Waals surface area contributed by atoms with E-state index in [1.807, 2.05) is 6.07 Å². The van der Waals surface area contributed by atoms with Gasteiger partial charge >= 0.3 is 0 Å². The molecule has 0 N–H and O–H groups in total. The molecule has 1 unspecified atom stereocenters. The number of pyridine rings is 1. The van der Waals surface area contributed by atoms with Gasteiger partial charge in [0.25, 0.3) is 0 Å². The van der Waals surface area contributed by atoms with Crippen molar-refractivity contribution in [2.45, 2.75) is 31.2 Å². The third-order valence-electron chi connectivity index (χ3n) is 3.61. The van der Waals surface area contributed by atoms with Gasteiger partial charge in [0, 0.05) is 17.3 Å². The fourth-order valence-corrected chi connectivity index (χ4v) is 3.24. The van der Waals surface area contributed by atoms with E-state index in [-0.39, 0.29) is 5.54 Å². The molecule has 0 aromatic carbocycles. The van der Waals surface area contributed by atoms with Gasteiger partial charge in [0.1, 0.15) is 11.3 Å². The first-order valence-electron chi connectivity index (χ1n) is 6.31. The van der Waals surface area contributed by atoms with E-state index in [9.17, 15) is 0 Å². The Morgan fingerprint density at radius 2 is 2.42 bits per heavy atom. The fraction of sp³-hybridized carbons (Fsp3) is 0.538. The summed E-state index contributed by atoms with van der Waals surface area (Å²) in [6.07, 6.45) is 3.90. The molecule has 0 aliphatic carbocycles. The van der Waals surface area contributed by atoms with Crippen molar-refractivity contribution in [2.75, 3.05) is 13.2 Å². The number of rotatable bonds is 2. The molecule has 2 aromatic heterocycles. The SMILES string of the molecule is CC1(n2c(CCl)nc3cc(Br)cnc32)CCCOC1. The van der Waals surface area contributed by atoms with Gasteiger partial charge < -0.3 is 9.30 Å². The molecule has 19 heavy (non-hydrogen) atoms. The maximum atomic E-state index is 6.06. The van der Waals surface area contributed by atoms with Crippen LogP contribution in [0.1, 0.15) is 25.6 Å². The molecular formula is C13H15BrClN3O. The van der Waals surface area contributed by atoms with Gasteiger partial charge in [-0.25, -0.2) is 9.97 Å². The van der Waals surface area contributed by atoms with Crippen molar-refractivity contribution in [2.24, 2.45) is 0 Å². The summed E-state index contributed by atoms with van der Waals surface area (Å²) in [6.45, 7) is 3.70. The number of ether oxygens (including phenoxy) is 1. The van der Waals surface area contributed by atoms with Crippen molar-refractivity contribution in [3.63, 3.8) is 0 Å². The molecule has 0 bridgehead atoms. The third kappa shape index (κ3) is 2.28. The average molecular weight is 345 g/mol. The largest absolute Gasteiger partial charge is 0.379 e. The molecule has 4 nitrogen and oxygen atoms in total. The van der Waals surface area contributed by atoms with Crippen molar-refractivity contribution in [1.82, 2.24) is 14.5 Å². The van der Waals surface area contributed by atoms with Crippen LogP contribution in [0.15, 0.2) is 16.7 Å². The number of halogens is 2. The Morgan fingerprint density at radius 1 is 1.58 bits per heavy atom. The molecule has 1 aliphatic heterocycles. The predicted octanol–water partition coefficient (Wildman–Crippen LogP) is 3.46. The quantitative estimate of drug-likeness (QED) is 0.783. The minimum Gasteiger partial charge on any atom is -0.379 e. The summed E-state index contributed by atoms with van der Waals surface area (Å²) in [5, 5.41) is 0. The van der Waals surface area contributed by atoms with Crippen LogP contribution in [-0.4, -0.2) is 27.7 Å². The lowest BCUT2D eigenvalue weighted by molar-refractivity contribution is 0.0102. The molecule has 0 radical (unpaired) electrons. The Hall–Kier alpha value is -0.650. The van der Waals surface area contributed by atoms with Crippen LogP contribution < -0.4 is 0 Å². The number of nitrogens with zero attached hydrogens (tertiary/aromatic N) is 3. The zero-order valence-electron chi connectivity index (χ0n) is 10.7. The van der Waals surface area contributed by atoms with E-state index in [4.69, 9.17) is 16.3 Å². The highest BCUT2D eigenvalue weighted by atomic mass is 79.9. The second-order valence-corrected chi connectivity index (χ2v) is 6.33. The molecule has 1 fully saturated rings. The molecule has 1 aliphatic rings. The highest BCUT2D eigenvalue weighted by Crippen LogP contribution is 2.32. The van der Waals surface area contributed by atoms with Crippen LogP contribution in [0.5, 0.6) is 0 Å². The van der Waals surface area contributed by atoms with Crippen LogP contribution in [0.4, 0.5) is 0 Å². The van der Waals surface area contributed by atoms with Crippen LogP contribution >= 0.6 is 27.5 Å². The molecule has 1 saturated heterocycles. The van der Waals surface area contributed by atoms with Crippen LogP contribution in [-0.2, 0) is 16.2 Å². The van der Waals surface area contributed by atoms with Crippen molar-refractivity contribution < 1.29 is 4.74 Å². The van der Waals surface area contributed by atoms with E-state index in [1.54, 1.807) is 6.20 Å². The second-order valence-electron chi connectivity index (χ2n) is 5.15. The van der Waals surface area contributed by atoms with Crippen LogP contribution in [0.2, 0.25) is 0 Å². The predicted molar refractivity (Wildman–Crippen MR) is 78.5 cm³/mol. The minimum atomic E-state index is -0.113. The molecule has 0 saturated carbocycles. The Morgan fingerprint density at radius 3 is 3.11 bits per heavy atom. The van der Waals surface area contributed by atoms with Gasteiger partial charge in [-0.15, -0.1) is 11.6 Å². The van der Waals surface area contributed by atoms with Gasteiger partial charge in [0.2, 0.25) is 0 Å². The number of hydrogen-bond donors (Lipinski definition) is 0. The lowest BCUT2D eigenvalue weighted by atomic mass is 9.94. The van der Waals surface area contributed by atoms with E-state index in [2.05, 4.69) is 37.4 Å². The normalized spacial score (nSPS) is 23.9. The molecule has 0 amide bonds. The maximum Gasteiger partial charge on any atom is 0.160 e. The van der Waals surface area contributed by atoms with E-state index < -0.39 is 0 Å². The van der Waals surface area contributed by atoms with Crippen molar-refractivity contribution in [1.29, 1.82) is 0 Å². The first-order chi connectivity index (χ1) is 9.14. The van der Waals surface area contributed by atoms with E-state index in [0.717, 1.165) is 40.9 Å². The maximum absolute atomic E-state index is 6.06. The van der Waals surface area contributed by atoms with E-state index in [1.165, 1.54) is 0 Å². The Bertz CT molecular complexity index is 607. The summed E-state index contributed by atoms with van der Waals surface area (Å²) in [7, 11) is 0. The first-order valence-corrected chi connectivity index (χ1v) is 7.64. The highest BCUT2D eigenvalue weighted by Gasteiger charge is 2.33. The summed E-state index contributed by atoms with van der Waals surface area (Å²) < 4.78 is 8.73. The molecular weight excluding hydrogens is 330 g/mol. The van der Waals surface area contributed by atoms with Gasteiger partial charge in [0.05, 0.1) is 18.0 Å². The summed E-state index contributed by atoms with van der Waals surface area (Å²) in [4.78, 5) is 9.10. The standard InChI is InChI=1S/C13H15BrClN3O/c1-13(3-2-4-19-8-13)18-11(6-15)17-10-5-9(14)7-16-12(10)18/h5,7H,2-4,6,8H2,1H3. The molecule has 0 spiro atoms. The average Bonchev–Trinajstić information content (AvgIpc) is 2.77. The summed E-state index contributed by atoms with van der Waals surface area (Å²) >= 11 is 9.49. The Kier molecular flexibility index (Phi) is 3.53. The van der Waals surface area contributed by atoms with Gasteiger partial charge in [-0.1, -0.05) is 0 Å². The lowest BCUT2D eigenvalue weighted by Gasteiger charge is -2.36. The first kappa shape index (κ1) is 13.3. The van der Waals surface area contributed by atoms with E-state index >= 15 is 0 Å². The van der Waals surface area contributed by atoms with E-state index in [0.29, 0.717) is 12.5 Å². The molecule has 102 valence electrons. The van der Waals surface area contributed by atoms with Crippen LogP contribution in [0.25, 0.3) is 11.2 Å². The Labute approximate surface area is 125 Å². The van der Waals surface area contributed by atoms with Gasteiger partial charge in [-0.05, 0) is 41.8 Å². The van der Waals surface area contributed by atoms with Crippen molar-refractivity contribution in [3.8, 4) is 0 Å². The number of aromatic nitrogens is 3. The fourth-order valence-electron chi connectivity index (χ4n) is 2.74. The summed E-state index contributed by atoms with van der Waals surface area (Å²) in [5.74, 6) is 1.24. The van der Waals surface area contributed by atoms with Crippen LogP contribution in [0, 0.1) is 0 Å². The summed E-state index contributed by atoms with van der Waals surface area (Å²) in [5.41, 5.74) is 1.64. The van der Waals surface area contributed by atoms with Gasteiger partial charge in [-0.2, -0.15) is 0 Å². The Balaban J connectivity index is 2.20. The third-order valence-corrected chi connectivity index (χ3v) is 4.28. The molecule has 6 heteroatoms. The number of alkyl halides is 1. The number of fused-ring (bicyclic) bond motifs is 1. The van der Waals surface area contributed by atoms with Gasteiger partial charge in [0.15, 0.2) is 5.65 Å². The summed E-state index contributed by atoms with van der Waals surface area (Å²) in [6, 6.07) is 1.97. The molecule has 2 aromatic rings. The topological polar surface area (TPSA) is 39.9 Å². The number of hydrogen-bond acceptors (Lipinski definition) is 3. The van der Waals surface area contributed by atoms with Crippen molar-refractivity contribution in [3.05, 3.63) is 22.6 Å².